The van der Waals surface area contributed by atoms with Gasteiger partial charge in [0, 0.05) is 38.3 Å². The lowest BCUT2D eigenvalue weighted by molar-refractivity contribution is -0.124. The molecule has 25 heavy (non-hydrogen) atoms. The van der Waals surface area contributed by atoms with Crippen LogP contribution in [0.25, 0.3) is 0 Å². The lowest BCUT2D eigenvalue weighted by Gasteiger charge is -2.35. The Hall–Kier alpha value is -1.79. The van der Waals surface area contributed by atoms with Crippen LogP contribution in [0.15, 0.2) is 18.2 Å². The monoisotopic (exact) mass is 347 g/mol. The molecule has 3 rings (SSSR count). The number of nitrogens with zero attached hydrogens (tertiary/aromatic N) is 2. The van der Waals surface area contributed by atoms with Crippen molar-refractivity contribution in [2.24, 2.45) is 0 Å². The maximum Gasteiger partial charge on any atom is 0.234 e. The van der Waals surface area contributed by atoms with Crippen LogP contribution in [0.5, 0.6) is 11.5 Å². The number of amides is 1. The molecule has 1 aromatic rings. The third-order valence-corrected chi connectivity index (χ3v) is 5.04. The van der Waals surface area contributed by atoms with Gasteiger partial charge in [0.05, 0.1) is 6.54 Å². The first kappa shape index (κ1) is 18.0. The highest BCUT2D eigenvalue weighted by Gasteiger charge is 2.23. The predicted molar refractivity (Wildman–Crippen MR) is 96.8 cm³/mol. The van der Waals surface area contributed by atoms with Gasteiger partial charge in [-0.2, -0.15) is 0 Å². The summed E-state index contributed by atoms with van der Waals surface area (Å²) in [6, 6.07) is 6.14. The van der Waals surface area contributed by atoms with Crippen LogP contribution >= 0.6 is 0 Å². The molecule has 0 aliphatic carbocycles. The minimum Gasteiger partial charge on any atom is -0.454 e. The fraction of sp³-hybridized carbons (Fsp3) is 0.632. The number of rotatable bonds is 6. The van der Waals surface area contributed by atoms with Crippen LogP contribution in [-0.4, -0.2) is 60.8 Å². The van der Waals surface area contributed by atoms with Crippen LogP contribution in [0, 0.1) is 0 Å². The Kier molecular flexibility index (Phi) is 5.49. The lowest BCUT2D eigenvalue weighted by Crippen LogP contribution is -2.52. The minimum atomic E-state index is -0.127. The van der Waals surface area contributed by atoms with Crippen LogP contribution in [0.2, 0.25) is 0 Å². The zero-order valence-electron chi connectivity index (χ0n) is 15.5. The van der Waals surface area contributed by atoms with Crippen molar-refractivity contribution in [3.05, 3.63) is 23.8 Å². The van der Waals surface area contributed by atoms with Crippen molar-refractivity contribution in [2.45, 2.75) is 39.3 Å². The second-order valence-electron chi connectivity index (χ2n) is 7.53. The Morgan fingerprint density at radius 2 is 1.80 bits per heavy atom. The maximum atomic E-state index is 12.2. The second kappa shape index (κ2) is 7.62. The van der Waals surface area contributed by atoms with Crippen molar-refractivity contribution in [1.82, 2.24) is 15.1 Å². The van der Waals surface area contributed by atoms with E-state index in [0.717, 1.165) is 50.6 Å². The maximum absolute atomic E-state index is 12.2. The Balaban J connectivity index is 1.43. The molecule has 2 heterocycles. The Morgan fingerprint density at radius 3 is 2.52 bits per heavy atom. The molecule has 138 valence electrons. The van der Waals surface area contributed by atoms with Gasteiger partial charge in [0.25, 0.3) is 0 Å². The summed E-state index contributed by atoms with van der Waals surface area (Å²) in [5.41, 5.74) is 1.11. The van der Waals surface area contributed by atoms with Gasteiger partial charge >= 0.3 is 0 Å². The Morgan fingerprint density at radius 1 is 1.12 bits per heavy atom. The summed E-state index contributed by atoms with van der Waals surface area (Å²) in [7, 11) is 0. The summed E-state index contributed by atoms with van der Waals surface area (Å²) >= 11 is 0. The van der Waals surface area contributed by atoms with Gasteiger partial charge in [-0.3, -0.25) is 14.6 Å². The van der Waals surface area contributed by atoms with Gasteiger partial charge < -0.3 is 14.8 Å². The molecule has 0 radical (unpaired) electrons. The van der Waals surface area contributed by atoms with Crippen molar-refractivity contribution in [1.29, 1.82) is 0 Å². The SMILES string of the molecule is CCC(C)(C)NC(=O)CN1CCN(Cc2ccc3c(c2)OCO3)CC1. The van der Waals surface area contributed by atoms with Gasteiger partial charge in [-0.25, -0.2) is 0 Å². The van der Waals surface area contributed by atoms with E-state index >= 15 is 0 Å². The smallest absolute Gasteiger partial charge is 0.234 e. The molecule has 1 amide bonds. The molecule has 1 aromatic carbocycles. The highest BCUT2D eigenvalue weighted by Crippen LogP contribution is 2.32. The molecule has 0 bridgehead atoms. The van der Waals surface area contributed by atoms with E-state index in [-0.39, 0.29) is 11.4 Å². The van der Waals surface area contributed by atoms with Crippen LogP contribution < -0.4 is 14.8 Å². The zero-order chi connectivity index (χ0) is 17.9. The van der Waals surface area contributed by atoms with Crippen molar-refractivity contribution in [3.8, 4) is 11.5 Å². The third kappa shape index (κ3) is 4.86. The topological polar surface area (TPSA) is 54.0 Å². The summed E-state index contributed by atoms with van der Waals surface area (Å²) < 4.78 is 10.8. The summed E-state index contributed by atoms with van der Waals surface area (Å²) in [5.74, 6) is 1.79. The van der Waals surface area contributed by atoms with Crippen molar-refractivity contribution in [3.63, 3.8) is 0 Å². The average molecular weight is 347 g/mol. The molecular formula is C19H29N3O3. The summed E-state index contributed by atoms with van der Waals surface area (Å²) in [6.45, 7) is 11.7. The normalized spacial score (nSPS) is 18.4. The molecule has 1 fully saturated rings. The second-order valence-corrected chi connectivity index (χ2v) is 7.53. The first-order valence-electron chi connectivity index (χ1n) is 9.09. The molecule has 1 saturated heterocycles. The average Bonchev–Trinajstić information content (AvgIpc) is 3.04. The number of benzene rings is 1. The fourth-order valence-corrected chi connectivity index (χ4v) is 3.11. The largest absolute Gasteiger partial charge is 0.454 e. The van der Waals surface area contributed by atoms with E-state index in [9.17, 15) is 4.79 Å². The summed E-state index contributed by atoms with van der Waals surface area (Å²) in [6.07, 6.45) is 0.933. The van der Waals surface area contributed by atoms with Gasteiger partial charge in [0.2, 0.25) is 12.7 Å². The molecule has 6 nitrogen and oxygen atoms in total. The molecule has 0 aromatic heterocycles. The van der Waals surface area contributed by atoms with E-state index in [1.165, 1.54) is 5.56 Å². The quantitative estimate of drug-likeness (QED) is 0.851. The number of carbonyl (C=O) groups is 1. The third-order valence-electron chi connectivity index (χ3n) is 5.04. The van der Waals surface area contributed by atoms with E-state index in [0.29, 0.717) is 13.3 Å². The number of fused-ring (bicyclic) bond motifs is 1. The Labute approximate surface area is 150 Å². The van der Waals surface area contributed by atoms with Gasteiger partial charge in [-0.15, -0.1) is 0 Å². The van der Waals surface area contributed by atoms with Gasteiger partial charge in [-0.05, 0) is 38.0 Å². The molecule has 0 unspecified atom stereocenters. The fourth-order valence-electron chi connectivity index (χ4n) is 3.11. The molecule has 2 aliphatic heterocycles. The van der Waals surface area contributed by atoms with Crippen LogP contribution in [0.1, 0.15) is 32.8 Å². The molecule has 1 N–H and O–H groups in total. The van der Waals surface area contributed by atoms with Crippen molar-refractivity contribution < 1.29 is 14.3 Å². The first-order valence-corrected chi connectivity index (χ1v) is 9.09. The molecule has 0 spiro atoms. The van der Waals surface area contributed by atoms with Crippen molar-refractivity contribution >= 4 is 5.91 Å². The molecule has 6 heteroatoms. The molecular weight excluding hydrogens is 318 g/mol. The summed E-state index contributed by atoms with van der Waals surface area (Å²) in [5, 5.41) is 3.11. The highest BCUT2D eigenvalue weighted by atomic mass is 16.7. The Bertz CT molecular complexity index is 610. The van der Waals surface area contributed by atoms with E-state index in [1.807, 2.05) is 6.07 Å². The van der Waals surface area contributed by atoms with E-state index in [1.54, 1.807) is 0 Å². The molecule has 0 atom stereocenters. The van der Waals surface area contributed by atoms with Gasteiger partial charge in [-0.1, -0.05) is 13.0 Å². The van der Waals surface area contributed by atoms with Crippen LogP contribution in [-0.2, 0) is 11.3 Å². The standard InChI is InChI=1S/C19H29N3O3/c1-4-19(2,3)20-18(23)13-22-9-7-21(8-10-22)12-15-5-6-16-17(11-15)25-14-24-16/h5-6,11H,4,7-10,12-14H2,1-3H3,(H,20,23). The van der Waals surface area contributed by atoms with Gasteiger partial charge in [0.15, 0.2) is 11.5 Å². The van der Waals surface area contributed by atoms with Gasteiger partial charge in [0.1, 0.15) is 0 Å². The number of hydrogen-bond donors (Lipinski definition) is 1. The minimum absolute atomic E-state index is 0.121. The van der Waals surface area contributed by atoms with Crippen LogP contribution in [0.3, 0.4) is 0 Å². The predicted octanol–water partition coefficient (Wildman–Crippen LogP) is 1.84. The number of nitrogens with one attached hydrogen (secondary N) is 1. The van der Waals surface area contributed by atoms with Crippen LogP contribution in [0.4, 0.5) is 0 Å². The summed E-state index contributed by atoms with van der Waals surface area (Å²) in [4.78, 5) is 16.8. The van der Waals surface area contributed by atoms with E-state index < -0.39 is 0 Å². The molecule has 2 aliphatic rings. The molecule has 0 saturated carbocycles. The number of carbonyl (C=O) groups excluding carboxylic acids is 1. The highest BCUT2D eigenvalue weighted by molar-refractivity contribution is 5.78. The first-order chi connectivity index (χ1) is 11.9. The lowest BCUT2D eigenvalue weighted by atomic mass is 10.0. The number of hydrogen-bond acceptors (Lipinski definition) is 5. The number of ether oxygens (including phenoxy) is 2. The van der Waals surface area contributed by atoms with E-state index in [4.69, 9.17) is 9.47 Å². The zero-order valence-corrected chi connectivity index (χ0v) is 15.5. The van der Waals surface area contributed by atoms with E-state index in [2.05, 4.69) is 48.0 Å². The van der Waals surface area contributed by atoms with Crippen molar-refractivity contribution in [2.75, 3.05) is 39.5 Å². The number of piperazine rings is 1.